The molecule has 0 fully saturated rings. The van der Waals surface area contributed by atoms with Crippen LogP contribution in [0.2, 0.25) is 0 Å². The lowest BCUT2D eigenvalue weighted by atomic mass is 10.5. The molecule has 10 heavy (non-hydrogen) atoms. The highest BCUT2D eigenvalue weighted by molar-refractivity contribution is 7.98. The van der Waals surface area contributed by atoms with Gasteiger partial charge in [0.2, 0.25) is 0 Å². The normalized spacial score (nSPS) is 5.30. The van der Waals surface area contributed by atoms with Crippen molar-refractivity contribution in [2.75, 3.05) is 12.0 Å². The average molecular weight is 150 g/mol. The quantitative estimate of drug-likeness (QED) is 0.555. The van der Waals surface area contributed by atoms with E-state index in [9.17, 15) is 0 Å². The van der Waals surface area contributed by atoms with Gasteiger partial charge in [0.1, 0.15) is 6.11 Å². The van der Waals surface area contributed by atoms with E-state index < -0.39 is 0 Å². The first-order chi connectivity index (χ1) is 4.91. The number of hydrogen-bond acceptors (Lipinski definition) is 2. The first-order valence-electron chi connectivity index (χ1n) is 2.52. The molecule has 0 aromatic heterocycles. The van der Waals surface area contributed by atoms with Crippen LogP contribution in [-0.4, -0.2) is 17.1 Å². The summed E-state index contributed by atoms with van der Waals surface area (Å²) in [4.78, 5) is 0. The summed E-state index contributed by atoms with van der Waals surface area (Å²) in [5.74, 6) is 13.1. The number of thioether (sulfide) groups is 1. The first kappa shape index (κ1) is 8.83. The Morgan fingerprint density at radius 2 is 1.90 bits per heavy atom. The van der Waals surface area contributed by atoms with Crippen LogP contribution in [0.4, 0.5) is 0 Å². The van der Waals surface area contributed by atoms with Gasteiger partial charge in [-0.3, -0.25) is 0 Å². The summed E-state index contributed by atoms with van der Waals surface area (Å²) in [5.41, 5.74) is 0. The summed E-state index contributed by atoms with van der Waals surface area (Å²) < 4.78 is 0. The summed E-state index contributed by atoms with van der Waals surface area (Å²) >= 11 is 1.64. The van der Waals surface area contributed by atoms with Crippen molar-refractivity contribution in [1.82, 2.24) is 0 Å². The van der Waals surface area contributed by atoms with E-state index in [1.165, 1.54) is 0 Å². The lowest BCUT2D eigenvalue weighted by Crippen LogP contribution is -1.64. The van der Waals surface area contributed by atoms with Gasteiger partial charge in [-0.05, 0) is 18.1 Å². The molecule has 0 rings (SSSR count). The Labute approximate surface area is 65.2 Å². The van der Waals surface area contributed by atoms with E-state index in [-0.39, 0.29) is 0 Å². The summed E-state index contributed by atoms with van der Waals surface area (Å²) in [6, 6.07) is 0. The van der Waals surface area contributed by atoms with Gasteiger partial charge in [0.25, 0.3) is 0 Å². The summed E-state index contributed by atoms with van der Waals surface area (Å²) in [6.07, 6.45) is 3.63. The van der Waals surface area contributed by atoms with Gasteiger partial charge in [0, 0.05) is 11.8 Å². The number of aliphatic hydroxyl groups excluding tert-OH is 1. The van der Waals surface area contributed by atoms with Gasteiger partial charge in [0.15, 0.2) is 0 Å². The zero-order chi connectivity index (χ0) is 7.66. The Hall–Kier alpha value is -1.17. The highest BCUT2D eigenvalue weighted by Gasteiger charge is 1.65. The molecule has 2 heteroatoms. The van der Waals surface area contributed by atoms with Gasteiger partial charge in [-0.2, -0.15) is 11.8 Å². The molecule has 0 saturated carbocycles. The molecule has 0 amide bonds. The fourth-order valence-electron chi connectivity index (χ4n) is 0.243. The molecule has 1 N–H and O–H groups in total. The molecule has 0 saturated heterocycles. The number of rotatable bonds is 1. The van der Waals surface area contributed by atoms with Crippen molar-refractivity contribution in [3.63, 3.8) is 0 Å². The molecule has 0 radical (unpaired) electrons. The van der Waals surface area contributed by atoms with E-state index in [0.29, 0.717) is 0 Å². The SMILES string of the molecule is CSCC#CC#CC#CO. The third kappa shape index (κ3) is 6.83. The second-order valence-corrected chi connectivity index (χ2v) is 2.09. The van der Waals surface area contributed by atoms with Crippen LogP contribution in [0.1, 0.15) is 0 Å². The molecule has 0 atom stereocenters. The molecule has 0 spiro atoms. The van der Waals surface area contributed by atoms with Gasteiger partial charge in [-0.1, -0.05) is 5.92 Å². The van der Waals surface area contributed by atoms with Gasteiger partial charge >= 0.3 is 0 Å². The lowest BCUT2D eigenvalue weighted by Gasteiger charge is -1.72. The Balaban J connectivity index is 3.63. The Kier molecular flexibility index (Phi) is 6.91. The number of hydrogen-bond donors (Lipinski definition) is 1. The van der Waals surface area contributed by atoms with Crippen molar-refractivity contribution in [3.8, 4) is 35.7 Å². The standard InChI is InChI=1S/C8H6OS/c1-10-8-6-4-2-3-5-7-9/h9H,8H2,1H3. The van der Waals surface area contributed by atoms with Crippen molar-refractivity contribution in [1.29, 1.82) is 0 Å². The monoisotopic (exact) mass is 150 g/mol. The molecule has 0 aliphatic heterocycles. The zero-order valence-electron chi connectivity index (χ0n) is 5.56. The smallest absolute Gasteiger partial charge is 0.122 e. The average Bonchev–Trinajstić information content (AvgIpc) is 1.97. The van der Waals surface area contributed by atoms with Crippen LogP contribution in [-0.2, 0) is 0 Å². The predicted octanol–water partition coefficient (Wildman–Crippen LogP) is 0.690. The van der Waals surface area contributed by atoms with E-state index in [2.05, 4.69) is 29.6 Å². The fourth-order valence-corrected chi connectivity index (χ4v) is 0.459. The van der Waals surface area contributed by atoms with Gasteiger partial charge in [-0.15, -0.1) is 0 Å². The van der Waals surface area contributed by atoms with Gasteiger partial charge in [0.05, 0.1) is 5.75 Å². The molecule has 0 heterocycles. The van der Waals surface area contributed by atoms with Crippen LogP contribution in [0.3, 0.4) is 0 Å². The lowest BCUT2D eigenvalue weighted by molar-refractivity contribution is 0.517. The third-order valence-corrected chi connectivity index (χ3v) is 0.981. The highest BCUT2D eigenvalue weighted by atomic mass is 32.2. The van der Waals surface area contributed by atoms with Crippen LogP contribution < -0.4 is 0 Å². The van der Waals surface area contributed by atoms with E-state index in [4.69, 9.17) is 5.11 Å². The molecule has 0 aliphatic carbocycles. The highest BCUT2D eigenvalue weighted by Crippen LogP contribution is 1.85. The molecule has 0 unspecified atom stereocenters. The maximum absolute atomic E-state index is 7.95. The second-order valence-electron chi connectivity index (χ2n) is 1.22. The van der Waals surface area contributed by atoms with Crippen molar-refractivity contribution >= 4 is 11.8 Å². The molecule has 1 nitrogen and oxygen atoms in total. The third-order valence-electron chi connectivity index (χ3n) is 0.548. The molecular formula is C8H6OS. The molecule has 0 aromatic carbocycles. The Morgan fingerprint density at radius 1 is 1.20 bits per heavy atom. The Morgan fingerprint density at radius 3 is 2.50 bits per heavy atom. The maximum Gasteiger partial charge on any atom is 0.122 e. The van der Waals surface area contributed by atoms with Crippen LogP contribution >= 0.6 is 11.8 Å². The fraction of sp³-hybridized carbons (Fsp3) is 0.250. The van der Waals surface area contributed by atoms with Crippen molar-refractivity contribution in [2.24, 2.45) is 0 Å². The van der Waals surface area contributed by atoms with Crippen LogP contribution in [0, 0.1) is 35.7 Å². The molecule has 0 aromatic rings. The number of aliphatic hydroxyl groups is 1. The molecular weight excluding hydrogens is 144 g/mol. The summed E-state index contributed by atoms with van der Waals surface area (Å²) in [7, 11) is 0. The summed E-state index contributed by atoms with van der Waals surface area (Å²) in [5, 5.41) is 7.95. The summed E-state index contributed by atoms with van der Waals surface area (Å²) in [6.45, 7) is 0. The molecule has 0 bridgehead atoms. The van der Waals surface area contributed by atoms with Crippen molar-refractivity contribution in [3.05, 3.63) is 0 Å². The second kappa shape index (κ2) is 7.83. The van der Waals surface area contributed by atoms with Crippen LogP contribution in [0.5, 0.6) is 0 Å². The topological polar surface area (TPSA) is 20.2 Å². The van der Waals surface area contributed by atoms with Crippen molar-refractivity contribution < 1.29 is 5.11 Å². The maximum atomic E-state index is 7.95. The minimum Gasteiger partial charge on any atom is -0.461 e. The van der Waals surface area contributed by atoms with E-state index in [1.54, 1.807) is 17.9 Å². The Bertz CT molecular complexity index is 248. The van der Waals surface area contributed by atoms with E-state index in [1.807, 2.05) is 6.26 Å². The van der Waals surface area contributed by atoms with Crippen LogP contribution in [0.25, 0.3) is 0 Å². The molecule has 50 valence electrons. The largest absolute Gasteiger partial charge is 0.461 e. The van der Waals surface area contributed by atoms with Crippen LogP contribution in [0.15, 0.2) is 0 Å². The molecule has 0 aliphatic rings. The first-order valence-corrected chi connectivity index (χ1v) is 3.92. The van der Waals surface area contributed by atoms with Gasteiger partial charge in [-0.25, -0.2) is 0 Å². The van der Waals surface area contributed by atoms with E-state index in [0.717, 1.165) is 5.75 Å². The van der Waals surface area contributed by atoms with Crippen molar-refractivity contribution in [2.45, 2.75) is 0 Å². The van der Waals surface area contributed by atoms with Gasteiger partial charge < -0.3 is 5.11 Å². The predicted molar refractivity (Wildman–Crippen MR) is 43.6 cm³/mol. The zero-order valence-corrected chi connectivity index (χ0v) is 6.38. The van der Waals surface area contributed by atoms with E-state index >= 15 is 0 Å². The minimum atomic E-state index is 0.779. The minimum absolute atomic E-state index is 0.779.